The molecule has 4 heteroatoms. The molecule has 2 aromatic rings. The first-order valence-corrected chi connectivity index (χ1v) is 5.84. The van der Waals surface area contributed by atoms with E-state index in [2.05, 4.69) is 5.32 Å². The van der Waals surface area contributed by atoms with Crippen LogP contribution in [0.1, 0.15) is 27.6 Å². The number of rotatable bonds is 3. The highest BCUT2D eigenvalue weighted by atomic mass is 16.1. The van der Waals surface area contributed by atoms with Gasteiger partial charge in [0.05, 0.1) is 0 Å². The summed E-state index contributed by atoms with van der Waals surface area (Å²) in [6, 6.07) is 13.5. The van der Waals surface area contributed by atoms with Gasteiger partial charge in [-0.2, -0.15) is 0 Å². The number of carbonyl (C=O) groups is 2. The van der Waals surface area contributed by atoms with E-state index in [9.17, 15) is 9.59 Å². The molecule has 0 unspecified atom stereocenters. The maximum absolute atomic E-state index is 12.0. The van der Waals surface area contributed by atoms with Gasteiger partial charge in [0.1, 0.15) is 0 Å². The van der Waals surface area contributed by atoms with Gasteiger partial charge in [-0.3, -0.25) is 9.59 Å². The minimum absolute atomic E-state index is 0.0416. The Morgan fingerprint density at radius 1 is 1.00 bits per heavy atom. The molecule has 3 N–H and O–H groups in total. The molecule has 0 heterocycles. The lowest BCUT2D eigenvalue weighted by Gasteiger charge is -2.06. The number of carbonyl (C=O) groups excluding carboxylic acids is 2. The predicted molar refractivity (Wildman–Crippen MR) is 75.3 cm³/mol. The number of Topliss-reactive ketones (excluding diaryl/α,β-unsaturated/α-hetero) is 1. The number of hydrogen-bond acceptors (Lipinski definition) is 3. The number of anilines is 2. The average Bonchev–Trinajstić information content (AvgIpc) is 2.39. The Labute approximate surface area is 111 Å². The van der Waals surface area contributed by atoms with Crippen LogP contribution < -0.4 is 11.1 Å². The minimum Gasteiger partial charge on any atom is -0.399 e. The molecule has 0 aliphatic rings. The predicted octanol–water partition coefficient (Wildman–Crippen LogP) is 2.72. The summed E-state index contributed by atoms with van der Waals surface area (Å²) in [7, 11) is 0. The van der Waals surface area contributed by atoms with Crippen LogP contribution in [0.25, 0.3) is 0 Å². The van der Waals surface area contributed by atoms with Crippen molar-refractivity contribution in [1.82, 2.24) is 0 Å². The highest BCUT2D eigenvalue weighted by molar-refractivity contribution is 6.05. The molecule has 0 radical (unpaired) electrons. The van der Waals surface area contributed by atoms with Gasteiger partial charge >= 0.3 is 0 Å². The van der Waals surface area contributed by atoms with Crippen LogP contribution in [0, 0.1) is 0 Å². The second-order valence-corrected chi connectivity index (χ2v) is 4.22. The fourth-order valence-electron chi connectivity index (χ4n) is 1.70. The molecular formula is C15H14N2O2. The number of ketones is 1. The van der Waals surface area contributed by atoms with Crippen LogP contribution in [0.5, 0.6) is 0 Å². The van der Waals surface area contributed by atoms with Crippen molar-refractivity contribution in [2.75, 3.05) is 11.1 Å². The smallest absolute Gasteiger partial charge is 0.255 e. The molecule has 2 rings (SSSR count). The fourth-order valence-corrected chi connectivity index (χ4v) is 1.70. The maximum atomic E-state index is 12.0. The lowest BCUT2D eigenvalue weighted by atomic mass is 10.1. The maximum Gasteiger partial charge on any atom is 0.255 e. The zero-order valence-electron chi connectivity index (χ0n) is 10.5. The summed E-state index contributed by atoms with van der Waals surface area (Å²) in [6.07, 6.45) is 0. The van der Waals surface area contributed by atoms with E-state index < -0.39 is 0 Å². The number of nitrogens with one attached hydrogen (secondary N) is 1. The molecule has 96 valence electrons. The first kappa shape index (κ1) is 12.8. The van der Waals surface area contributed by atoms with Crippen molar-refractivity contribution in [3.05, 3.63) is 59.7 Å². The van der Waals surface area contributed by atoms with Crippen LogP contribution in [0.2, 0.25) is 0 Å². The molecule has 0 aliphatic carbocycles. The molecule has 0 aliphatic heterocycles. The van der Waals surface area contributed by atoms with Crippen molar-refractivity contribution in [1.29, 1.82) is 0 Å². The van der Waals surface area contributed by atoms with Gasteiger partial charge in [-0.05, 0) is 37.3 Å². The van der Waals surface area contributed by atoms with E-state index in [1.54, 1.807) is 48.5 Å². The van der Waals surface area contributed by atoms with E-state index in [0.717, 1.165) is 0 Å². The van der Waals surface area contributed by atoms with Gasteiger partial charge < -0.3 is 11.1 Å². The van der Waals surface area contributed by atoms with Crippen LogP contribution >= 0.6 is 0 Å². The minimum atomic E-state index is -0.256. The van der Waals surface area contributed by atoms with Crippen LogP contribution in [-0.4, -0.2) is 11.7 Å². The molecule has 0 saturated carbocycles. The van der Waals surface area contributed by atoms with Gasteiger partial charge in [0, 0.05) is 22.5 Å². The molecule has 0 saturated heterocycles. The molecule has 19 heavy (non-hydrogen) atoms. The second kappa shape index (κ2) is 5.35. The second-order valence-electron chi connectivity index (χ2n) is 4.22. The topological polar surface area (TPSA) is 72.2 Å². The summed E-state index contributed by atoms with van der Waals surface area (Å²) >= 11 is 0. The molecule has 0 bridgehead atoms. The lowest BCUT2D eigenvalue weighted by molar-refractivity contribution is 0.101. The summed E-state index contributed by atoms with van der Waals surface area (Å²) in [4.78, 5) is 23.3. The largest absolute Gasteiger partial charge is 0.399 e. The Balaban J connectivity index is 2.19. The van der Waals surface area contributed by atoms with E-state index >= 15 is 0 Å². The zero-order valence-corrected chi connectivity index (χ0v) is 10.5. The third kappa shape index (κ3) is 3.19. The summed E-state index contributed by atoms with van der Waals surface area (Å²) in [5.74, 6) is -0.298. The van der Waals surface area contributed by atoms with Gasteiger partial charge in [-0.25, -0.2) is 0 Å². The van der Waals surface area contributed by atoms with Gasteiger partial charge in [0.15, 0.2) is 5.78 Å². The van der Waals surface area contributed by atoms with E-state index in [-0.39, 0.29) is 11.7 Å². The molecule has 0 aromatic heterocycles. The van der Waals surface area contributed by atoms with Gasteiger partial charge in [-0.1, -0.05) is 18.2 Å². The summed E-state index contributed by atoms with van der Waals surface area (Å²) < 4.78 is 0. The fraction of sp³-hybridized carbons (Fsp3) is 0.0667. The normalized spacial score (nSPS) is 9.95. The van der Waals surface area contributed by atoms with Crippen molar-refractivity contribution >= 4 is 23.1 Å². The van der Waals surface area contributed by atoms with Crippen molar-refractivity contribution in [3.8, 4) is 0 Å². The Morgan fingerprint density at radius 3 is 2.37 bits per heavy atom. The Hall–Kier alpha value is -2.62. The third-order valence-corrected chi connectivity index (χ3v) is 2.68. The molecule has 0 spiro atoms. The van der Waals surface area contributed by atoms with E-state index in [1.165, 1.54) is 6.92 Å². The lowest BCUT2D eigenvalue weighted by Crippen LogP contribution is -2.12. The number of benzene rings is 2. The van der Waals surface area contributed by atoms with Crippen LogP contribution in [0.4, 0.5) is 11.4 Å². The quantitative estimate of drug-likeness (QED) is 0.653. The average molecular weight is 254 g/mol. The number of amides is 1. The Kier molecular flexibility index (Phi) is 3.61. The molecule has 0 fully saturated rings. The first-order chi connectivity index (χ1) is 9.06. The molecule has 0 atom stereocenters. The molecular weight excluding hydrogens is 240 g/mol. The van der Waals surface area contributed by atoms with E-state index in [1.807, 2.05) is 0 Å². The highest BCUT2D eigenvalue weighted by Crippen LogP contribution is 2.14. The molecule has 1 amide bonds. The van der Waals surface area contributed by atoms with Gasteiger partial charge in [0.2, 0.25) is 0 Å². The standard InChI is InChI=1S/C15H14N2O2/c1-10(18)11-4-3-7-14(9-11)17-15(19)12-5-2-6-13(16)8-12/h2-9H,16H2,1H3,(H,17,19). The summed E-state index contributed by atoms with van der Waals surface area (Å²) in [6.45, 7) is 1.48. The summed E-state index contributed by atoms with van der Waals surface area (Å²) in [5, 5.41) is 2.73. The van der Waals surface area contributed by atoms with Crippen molar-refractivity contribution in [3.63, 3.8) is 0 Å². The number of nitrogens with two attached hydrogens (primary N) is 1. The Bertz CT molecular complexity index is 636. The Morgan fingerprint density at radius 2 is 1.68 bits per heavy atom. The summed E-state index contributed by atoms with van der Waals surface area (Å²) in [5.41, 5.74) is 7.79. The third-order valence-electron chi connectivity index (χ3n) is 2.68. The van der Waals surface area contributed by atoms with E-state index in [4.69, 9.17) is 5.73 Å². The van der Waals surface area contributed by atoms with Gasteiger partial charge in [-0.15, -0.1) is 0 Å². The molecule has 2 aromatic carbocycles. The van der Waals surface area contributed by atoms with E-state index in [0.29, 0.717) is 22.5 Å². The zero-order chi connectivity index (χ0) is 13.8. The highest BCUT2D eigenvalue weighted by Gasteiger charge is 2.07. The van der Waals surface area contributed by atoms with Crippen molar-refractivity contribution in [2.24, 2.45) is 0 Å². The van der Waals surface area contributed by atoms with Crippen LogP contribution in [0.3, 0.4) is 0 Å². The van der Waals surface area contributed by atoms with Crippen LogP contribution in [0.15, 0.2) is 48.5 Å². The number of hydrogen-bond donors (Lipinski definition) is 2. The van der Waals surface area contributed by atoms with Gasteiger partial charge in [0.25, 0.3) is 5.91 Å². The molecule has 4 nitrogen and oxygen atoms in total. The first-order valence-electron chi connectivity index (χ1n) is 5.84. The SMILES string of the molecule is CC(=O)c1cccc(NC(=O)c2cccc(N)c2)c1. The van der Waals surface area contributed by atoms with Crippen molar-refractivity contribution in [2.45, 2.75) is 6.92 Å². The number of nitrogen functional groups attached to an aromatic ring is 1. The van der Waals surface area contributed by atoms with Crippen LogP contribution in [-0.2, 0) is 0 Å². The van der Waals surface area contributed by atoms with Crippen molar-refractivity contribution < 1.29 is 9.59 Å². The monoisotopic (exact) mass is 254 g/mol.